The Balaban J connectivity index is 1.91. The highest BCUT2D eigenvalue weighted by atomic mass is 16.3. The maximum absolute atomic E-state index is 6.19. The second-order valence-corrected chi connectivity index (χ2v) is 4.46. The summed E-state index contributed by atoms with van der Waals surface area (Å²) in [5, 5.41) is 1.22. The Hall–Kier alpha value is -2.07. The monoisotopic (exact) mass is 241 g/mol. The van der Waals surface area contributed by atoms with Crippen LogP contribution in [0.3, 0.4) is 0 Å². The molecule has 0 fully saturated rings. The number of para-hydroxylation sites is 1. The van der Waals surface area contributed by atoms with E-state index in [1.54, 1.807) is 0 Å². The van der Waals surface area contributed by atoms with Crippen LogP contribution in [0.2, 0.25) is 0 Å². The Kier molecular flexibility index (Phi) is 2.64. The highest BCUT2D eigenvalue weighted by Gasteiger charge is 2.15. The maximum Gasteiger partial charge on any atom is 0.181 e. The topological polar surface area (TPSA) is 67.8 Å². The van der Waals surface area contributed by atoms with Crippen LogP contribution in [0.5, 0.6) is 0 Å². The van der Waals surface area contributed by atoms with Crippen molar-refractivity contribution in [3.63, 3.8) is 0 Å². The van der Waals surface area contributed by atoms with Crippen LogP contribution in [0.15, 0.2) is 41.3 Å². The van der Waals surface area contributed by atoms with Crippen molar-refractivity contribution in [3.05, 3.63) is 53.9 Å². The van der Waals surface area contributed by atoms with Crippen molar-refractivity contribution in [2.45, 2.75) is 19.4 Å². The highest BCUT2D eigenvalue weighted by molar-refractivity contribution is 5.83. The number of benzene rings is 1. The zero-order valence-electron chi connectivity index (χ0n) is 10.2. The van der Waals surface area contributed by atoms with Gasteiger partial charge in [0.15, 0.2) is 6.39 Å². The maximum atomic E-state index is 6.19. The van der Waals surface area contributed by atoms with Crippen LogP contribution >= 0.6 is 0 Å². The number of aryl methyl sites for hydroxylation is 1. The first-order chi connectivity index (χ1) is 8.75. The summed E-state index contributed by atoms with van der Waals surface area (Å²) >= 11 is 0. The van der Waals surface area contributed by atoms with Gasteiger partial charge in [-0.2, -0.15) is 0 Å². The fourth-order valence-electron chi connectivity index (χ4n) is 2.30. The summed E-state index contributed by atoms with van der Waals surface area (Å²) in [6.45, 7) is 1.89. The summed E-state index contributed by atoms with van der Waals surface area (Å²) in [6, 6.07) is 8.08. The van der Waals surface area contributed by atoms with Crippen LogP contribution in [0.4, 0.5) is 0 Å². The molecule has 3 N–H and O–H groups in total. The van der Waals surface area contributed by atoms with Gasteiger partial charge in [-0.05, 0) is 25.0 Å². The lowest BCUT2D eigenvalue weighted by Crippen LogP contribution is -2.14. The van der Waals surface area contributed by atoms with Gasteiger partial charge in [0.25, 0.3) is 0 Å². The fourth-order valence-corrected chi connectivity index (χ4v) is 2.30. The Morgan fingerprint density at radius 2 is 2.22 bits per heavy atom. The number of hydrogen-bond donors (Lipinski definition) is 2. The predicted octanol–water partition coefficient (Wildman–Crippen LogP) is 2.71. The zero-order valence-corrected chi connectivity index (χ0v) is 10.2. The molecule has 0 bridgehead atoms. The van der Waals surface area contributed by atoms with Gasteiger partial charge in [-0.15, -0.1) is 0 Å². The van der Waals surface area contributed by atoms with Crippen LogP contribution in [-0.2, 0) is 6.42 Å². The van der Waals surface area contributed by atoms with E-state index < -0.39 is 0 Å². The quantitative estimate of drug-likeness (QED) is 0.740. The Bertz CT molecular complexity index is 668. The van der Waals surface area contributed by atoms with Gasteiger partial charge in [0.05, 0.1) is 11.7 Å². The molecular weight excluding hydrogens is 226 g/mol. The van der Waals surface area contributed by atoms with Crippen molar-refractivity contribution >= 4 is 10.9 Å². The molecule has 1 aromatic carbocycles. The average Bonchev–Trinajstić information content (AvgIpc) is 2.97. The van der Waals surface area contributed by atoms with Crippen molar-refractivity contribution in [1.82, 2.24) is 9.97 Å². The molecule has 0 aliphatic carbocycles. The minimum atomic E-state index is -0.136. The predicted molar refractivity (Wildman–Crippen MR) is 70.2 cm³/mol. The van der Waals surface area contributed by atoms with Crippen LogP contribution < -0.4 is 5.73 Å². The highest BCUT2D eigenvalue weighted by Crippen LogP contribution is 2.23. The number of fused-ring (bicyclic) bond motifs is 1. The number of oxazole rings is 1. The van der Waals surface area contributed by atoms with Gasteiger partial charge in [-0.25, -0.2) is 4.98 Å². The standard InChI is InChI=1S/C14H15N3O/c1-9-14(17-8-18-9)12(15)6-10-7-16-13-5-3-2-4-11(10)13/h2-5,7-8,12,16H,6,15H2,1H3. The first-order valence-corrected chi connectivity index (χ1v) is 5.96. The van der Waals surface area contributed by atoms with Crippen LogP contribution in [-0.4, -0.2) is 9.97 Å². The molecule has 0 amide bonds. The molecule has 4 heteroatoms. The summed E-state index contributed by atoms with van der Waals surface area (Å²) in [4.78, 5) is 7.43. The summed E-state index contributed by atoms with van der Waals surface area (Å²) < 4.78 is 5.19. The number of aromatic nitrogens is 2. The molecule has 0 saturated carbocycles. The lowest BCUT2D eigenvalue weighted by atomic mass is 10.0. The molecule has 1 atom stereocenters. The molecule has 0 aliphatic heterocycles. The van der Waals surface area contributed by atoms with Gasteiger partial charge < -0.3 is 15.1 Å². The van der Waals surface area contributed by atoms with Crippen LogP contribution in [0.25, 0.3) is 10.9 Å². The SMILES string of the molecule is Cc1ocnc1C(N)Cc1c[nH]c2ccccc12. The molecule has 0 aliphatic rings. The number of nitrogens with zero attached hydrogens (tertiary/aromatic N) is 1. The molecule has 0 saturated heterocycles. The molecule has 2 heterocycles. The number of rotatable bonds is 3. The second kappa shape index (κ2) is 4.31. The van der Waals surface area contributed by atoms with Gasteiger partial charge in [0.1, 0.15) is 5.76 Å². The van der Waals surface area contributed by atoms with Crippen molar-refractivity contribution in [2.24, 2.45) is 5.73 Å². The smallest absolute Gasteiger partial charge is 0.181 e. The second-order valence-electron chi connectivity index (χ2n) is 4.46. The van der Waals surface area contributed by atoms with E-state index in [1.165, 1.54) is 17.3 Å². The van der Waals surface area contributed by atoms with E-state index in [0.29, 0.717) is 0 Å². The first-order valence-electron chi connectivity index (χ1n) is 5.96. The van der Waals surface area contributed by atoms with Crippen molar-refractivity contribution in [2.75, 3.05) is 0 Å². The number of nitrogens with one attached hydrogen (secondary N) is 1. The van der Waals surface area contributed by atoms with Crippen molar-refractivity contribution in [3.8, 4) is 0 Å². The summed E-state index contributed by atoms with van der Waals surface area (Å²) in [5.41, 5.74) is 9.36. The van der Waals surface area contributed by atoms with Crippen molar-refractivity contribution < 1.29 is 4.42 Å². The fraction of sp³-hybridized carbons (Fsp3) is 0.214. The van der Waals surface area contributed by atoms with Gasteiger partial charge in [0.2, 0.25) is 0 Å². The molecule has 3 rings (SSSR count). The van der Waals surface area contributed by atoms with E-state index in [1.807, 2.05) is 25.3 Å². The first kappa shape index (κ1) is 11.0. The molecule has 2 aromatic heterocycles. The van der Waals surface area contributed by atoms with E-state index in [9.17, 15) is 0 Å². The lowest BCUT2D eigenvalue weighted by molar-refractivity contribution is 0.520. The third-order valence-corrected chi connectivity index (χ3v) is 3.25. The van der Waals surface area contributed by atoms with Crippen LogP contribution in [0, 0.1) is 6.92 Å². The lowest BCUT2D eigenvalue weighted by Gasteiger charge is -2.08. The summed E-state index contributed by atoms with van der Waals surface area (Å²) in [6.07, 6.45) is 4.21. The summed E-state index contributed by atoms with van der Waals surface area (Å²) in [7, 11) is 0. The van der Waals surface area contributed by atoms with E-state index in [0.717, 1.165) is 23.4 Å². The van der Waals surface area contributed by atoms with E-state index in [4.69, 9.17) is 10.2 Å². The largest absolute Gasteiger partial charge is 0.448 e. The third-order valence-electron chi connectivity index (χ3n) is 3.25. The number of aromatic amines is 1. The van der Waals surface area contributed by atoms with E-state index >= 15 is 0 Å². The molecule has 3 aromatic rings. The van der Waals surface area contributed by atoms with Crippen molar-refractivity contribution in [1.29, 1.82) is 0 Å². The average molecular weight is 241 g/mol. The normalized spacial score (nSPS) is 13.0. The Morgan fingerprint density at radius 1 is 1.39 bits per heavy atom. The van der Waals surface area contributed by atoms with Gasteiger partial charge in [0, 0.05) is 17.1 Å². The number of nitrogens with two attached hydrogens (primary N) is 1. The zero-order chi connectivity index (χ0) is 12.5. The molecule has 0 spiro atoms. The minimum absolute atomic E-state index is 0.136. The number of hydrogen-bond acceptors (Lipinski definition) is 3. The Morgan fingerprint density at radius 3 is 3.00 bits per heavy atom. The molecule has 4 nitrogen and oxygen atoms in total. The van der Waals surface area contributed by atoms with Crippen LogP contribution in [0.1, 0.15) is 23.1 Å². The molecule has 1 unspecified atom stereocenters. The molecule has 0 radical (unpaired) electrons. The summed E-state index contributed by atoms with van der Waals surface area (Å²) in [5.74, 6) is 0.794. The van der Waals surface area contributed by atoms with Gasteiger partial charge >= 0.3 is 0 Å². The van der Waals surface area contributed by atoms with Gasteiger partial charge in [-0.1, -0.05) is 18.2 Å². The third kappa shape index (κ3) is 1.80. The molecule has 18 heavy (non-hydrogen) atoms. The van der Waals surface area contributed by atoms with E-state index in [-0.39, 0.29) is 6.04 Å². The Labute approximate surface area is 105 Å². The minimum Gasteiger partial charge on any atom is -0.448 e. The number of H-pyrrole nitrogens is 1. The van der Waals surface area contributed by atoms with E-state index in [2.05, 4.69) is 22.1 Å². The van der Waals surface area contributed by atoms with Gasteiger partial charge in [-0.3, -0.25) is 0 Å². The molecule has 92 valence electrons. The molecular formula is C14H15N3O.